The molecule has 8 heteroatoms. The van der Waals surface area contributed by atoms with E-state index in [-0.39, 0.29) is 26.3 Å². The molecule has 0 radical (unpaired) electrons. The van der Waals surface area contributed by atoms with E-state index < -0.39 is 35.4 Å². The van der Waals surface area contributed by atoms with Gasteiger partial charge < -0.3 is 31.1 Å². The Morgan fingerprint density at radius 1 is 1.00 bits per heavy atom. The number of carbonyl (C=O) groups excluding carboxylic acids is 2. The van der Waals surface area contributed by atoms with E-state index >= 15 is 0 Å². The third-order valence-electron chi connectivity index (χ3n) is 3.22. The molecular formula is C15H32N2O6. The molecule has 0 saturated heterocycles. The molecule has 6 N–H and O–H groups in total. The molecule has 0 bridgehead atoms. The first-order chi connectivity index (χ1) is 10.7. The number of carbonyl (C=O) groups is 2. The Labute approximate surface area is 137 Å². The minimum atomic E-state index is -1.36. The van der Waals surface area contributed by atoms with Crippen LogP contribution in [0.25, 0.3) is 0 Å². The molecule has 0 aromatic carbocycles. The summed E-state index contributed by atoms with van der Waals surface area (Å²) >= 11 is 0. The van der Waals surface area contributed by atoms with Crippen LogP contribution in [0.2, 0.25) is 0 Å². The summed E-state index contributed by atoms with van der Waals surface area (Å²) in [7, 11) is 0. The number of amides is 2. The lowest BCUT2D eigenvalue weighted by Gasteiger charge is -2.27. The fraction of sp³-hybridized carbons (Fsp3) is 0.867. The van der Waals surface area contributed by atoms with E-state index in [1.54, 1.807) is 13.8 Å². The van der Waals surface area contributed by atoms with Gasteiger partial charge in [0.1, 0.15) is 12.2 Å². The zero-order valence-corrected chi connectivity index (χ0v) is 14.7. The van der Waals surface area contributed by atoms with Gasteiger partial charge >= 0.3 is 0 Å². The Balaban J connectivity index is 0. The average Bonchev–Trinajstić information content (AvgIpc) is 2.57. The third kappa shape index (κ3) is 8.85. The quantitative estimate of drug-likeness (QED) is 0.287. The molecule has 0 aliphatic rings. The Hall–Kier alpha value is -1.22. The number of nitrogens with one attached hydrogen (secondary N) is 2. The molecule has 2 amide bonds. The van der Waals surface area contributed by atoms with Gasteiger partial charge in [0.15, 0.2) is 0 Å². The average molecular weight is 336 g/mol. The summed E-state index contributed by atoms with van der Waals surface area (Å²) in [6, 6.07) is 0. The first kappa shape index (κ1) is 24.0. The molecule has 0 aliphatic heterocycles. The highest BCUT2D eigenvalue weighted by Crippen LogP contribution is 2.19. The molecule has 3 unspecified atom stereocenters. The van der Waals surface area contributed by atoms with E-state index in [1.165, 1.54) is 6.92 Å². The van der Waals surface area contributed by atoms with E-state index in [2.05, 4.69) is 10.6 Å². The van der Waals surface area contributed by atoms with Crippen molar-refractivity contribution in [1.29, 1.82) is 0 Å². The first-order valence-corrected chi connectivity index (χ1v) is 7.80. The lowest BCUT2D eigenvalue weighted by atomic mass is 9.87. The number of hydrogen-bond acceptors (Lipinski definition) is 6. The van der Waals surface area contributed by atoms with Gasteiger partial charge in [-0.15, -0.1) is 0 Å². The fourth-order valence-electron chi connectivity index (χ4n) is 1.37. The maximum absolute atomic E-state index is 11.6. The Morgan fingerprint density at radius 3 is 1.83 bits per heavy atom. The van der Waals surface area contributed by atoms with Crippen LogP contribution in [0.15, 0.2) is 0 Å². The van der Waals surface area contributed by atoms with E-state index in [0.717, 1.165) is 0 Å². The summed E-state index contributed by atoms with van der Waals surface area (Å²) < 4.78 is 0. The largest absolute Gasteiger partial charge is 0.396 e. The summed E-state index contributed by atoms with van der Waals surface area (Å²) in [5.41, 5.74) is -0.958. The number of aliphatic hydroxyl groups excluding tert-OH is 4. The van der Waals surface area contributed by atoms with Gasteiger partial charge in [-0.3, -0.25) is 9.59 Å². The Bertz CT molecular complexity index is 349. The van der Waals surface area contributed by atoms with Gasteiger partial charge in [0, 0.05) is 31.0 Å². The van der Waals surface area contributed by atoms with Crippen molar-refractivity contribution < 1.29 is 30.0 Å². The predicted octanol–water partition coefficient (Wildman–Crippen LogP) is -1.39. The van der Waals surface area contributed by atoms with Crippen LogP contribution in [0.1, 0.15) is 34.6 Å². The van der Waals surface area contributed by atoms with Gasteiger partial charge in [-0.1, -0.05) is 34.6 Å². The Kier molecular flexibility index (Phi) is 12.8. The monoisotopic (exact) mass is 336 g/mol. The minimum Gasteiger partial charge on any atom is -0.396 e. The third-order valence-corrected chi connectivity index (χ3v) is 3.22. The van der Waals surface area contributed by atoms with Crippen molar-refractivity contribution in [2.45, 2.75) is 46.8 Å². The lowest BCUT2D eigenvalue weighted by Crippen LogP contribution is -2.48. The molecule has 23 heavy (non-hydrogen) atoms. The van der Waals surface area contributed by atoms with Crippen molar-refractivity contribution in [3.63, 3.8) is 0 Å². The van der Waals surface area contributed by atoms with Crippen molar-refractivity contribution in [3.05, 3.63) is 0 Å². The smallest absolute Gasteiger partial charge is 0.249 e. The van der Waals surface area contributed by atoms with Gasteiger partial charge in [-0.05, 0) is 0 Å². The standard InChI is InChI=1S/C13H26N2O6.C2H6/c1-8(6-16)9(18)11(20)14-4-5-15-12(21)10(19)13(2,3)7-17;1-2/h8-10,16-19H,4-7H2,1-3H3,(H,14,20)(H,15,21);1-2H3. The summed E-state index contributed by atoms with van der Waals surface area (Å²) in [5, 5.41) is 41.9. The van der Waals surface area contributed by atoms with Crippen LogP contribution in [0.3, 0.4) is 0 Å². The number of rotatable bonds is 9. The fourth-order valence-corrected chi connectivity index (χ4v) is 1.37. The van der Waals surface area contributed by atoms with Gasteiger partial charge in [-0.25, -0.2) is 0 Å². The second-order valence-corrected chi connectivity index (χ2v) is 5.74. The van der Waals surface area contributed by atoms with E-state index in [4.69, 9.17) is 10.2 Å². The zero-order valence-electron chi connectivity index (χ0n) is 14.7. The molecule has 0 aliphatic carbocycles. The Morgan fingerprint density at radius 2 is 1.43 bits per heavy atom. The van der Waals surface area contributed by atoms with Crippen LogP contribution in [0.5, 0.6) is 0 Å². The summed E-state index contributed by atoms with van der Waals surface area (Å²) in [4.78, 5) is 23.1. The van der Waals surface area contributed by atoms with Crippen LogP contribution >= 0.6 is 0 Å². The van der Waals surface area contributed by atoms with Crippen molar-refractivity contribution in [1.82, 2.24) is 10.6 Å². The van der Waals surface area contributed by atoms with Gasteiger partial charge in [0.25, 0.3) is 0 Å². The summed E-state index contributed by atoms with van der Waals surface area (Å²) in [6.07, 6.45) is -2.68. The highest BCUT2D eigenvalue weighted by atomic mass is 16.3. The highest BCUT2D eigenvalue weighted by Gasteiger charge is 2.32. The second-order valence-electron chi connectivity index (χ2n) is 5.74. The summed E-state index contributed by atoms with van der Waals surface area (Å²) in [5.74, 6) is -1.86. The van der Waals surface area contributed by atoms with Crippen LogP contribution in [0.4, 0.5) is 0 Å². The maximum atomic E-state index is 11.6. The minimum absolute atomic E-state index is 0.0728. The van der Waals surface area contributed by atoms with Crippen LogP contribution in [0, 0.1) is 11.3 Å². The van der Waals surface area contributed by atoms with Gasteiger partial charge in [0.2, 0.25) is 11.8 Å². The van der Waals surface area contributed by atoms with Crippen molar-refractivity contribution in [3.8, 4) is 0 Å². The SMILES string of the molecule is CC.CC(CO)C(O)C(=O)NCCNC(=O)C(O)C(C)(C)CO. The molecule has 138 valence electrons. The van der Waals surface area contributed by atoms with E-state index in [0.29, 0.717) is 0 Å². The summed E-state index contributed by atoms with van der Waals surface area (Å²) in [6.45, 7) is 8.11. The highest BCUT2D eigenvalue weighted by molar-refractivity contribution is 5.82. The van der Waals surface area contributed by atoms with E-state index in [1.807, 2.05) is 13.8 Å². The molecule has 0 spiro atoms. The van der Waals surface area contributed by atoms with Gasteiger partial charge in [0.05, 0.1) is 6.61 Å². The predicted molar refractivity (Wildman–Crippen MR) is 86.5 cm³/mol. The molecular weight excluding hydrogens is 304 g/mol. The van der Waals surface area contributed by atoms with Crippen LogP contribution in [-0.2, 0) is 9.59 Å². The van der Waals surface area contributed by atoms with Crippen LogP contribution in [-0.4, -0.2) is 70.8 Å². The molecule has 0 aromatic heterocycles. The number of aliphatic hydroxyl groups is 4. The first-order valence-electron chi connectivity index (χ1n) is 7.80. The normalized spacial score (nSPS) is 14.8. The lowest BCUT2D eigenvalue weighted by molar-refractivity contribution is -0.137. The number of hydrogen-bond donors (Lipinski definition) is 6. The van der Waals surface area contributed by atoms with Gasteiger partial charge in [-0.2, -0.15) is 0 Å². The topological polar surface area (TPSA) is 139 Å². The van der Waals surface area contributed by atoms with E-state index in [9.17, 15) is 19.8 Å². The van der Waals surface area contributed by atoms with Crippen molar-refractivity contribution in [2.24, 2.45) is 11.3 Å². The second kappa shape index (κ2) is 12.2. The van der Waals surface area contributed by atoms with Crippen molar-refractivity contribution >= 4 is 11.8 Å². The van der Waals surface area contributed by atoms with Crippen molar-refractivity contribution in [2.75, 3.05) is 26.3 Å². The molecule has 0 saturated carbocycles. The molecule has 3 atom stereocenters. The molecule has 8 nitrogen and oxygen atoms in total. The van der Waals surface area contributed by atoms with Crippen LogP contribution < -0.4 is 10.6 Å². The maximum Gasteiger partial charge on any atom is 0.249 e. The molecule has 0 rings (SSSR count). The molecule has 0 aromatic rings. The molecule has 0 fully saturated rings. The molecule has 0 heterocycles. The zero-order chi connectivity index (χ0) is 18.6.